The maximum atomic E-state index is 11.1. The lowest BCUT2D eigenvalue weighted by atomic mass is 10.2. The highest BCUT2D eigenvalue weighted by molar-refractivity contribution is 5.82. The first-order valence-corrected chi connectivity index (χ1v) is 4.58. The van der Waals surface area contributed by atoms with E-state index in [4.69, 9.17) is 4.74 Å². The zero-order chi connectivity index (χ0) is 10.3. The molecule has 0 saturated carbocycles. The number of esters is 1. The Bertz CT molecular complexity index is 180. The molecule has 0 aromatic heterocycles. The smallest absolute Gasteiger partial charge is 0.332 e. The number of rotatable bonds is 4. The van der Waals surface area contributed by atoms with Crippen molar-refractivity contribution in [2.75, 3.05) is 6.54 Å². The number of nitrogens with one attached hydrogen (secondary N) is 1. The Morgan fingerprint density at radius 1 is 1.46 bits per heavy atom. The molecular weight excluding hydrogens is 166 g/mol. The maximum Gasteiger partial charge on any atom is 0.332 e. The van der Waals surface area contributed by atoms with Crippen LogP contribution in [-0.2, 0) is 9.53 Å². The zero-order valence-corrected chi connectivity index (χ0v) is 8.89. The van der Waals surface area contributed by atoms with Gasteiger partial charge >= 0.3 is 5.97 Å². The van der Waals surface area contributed by atoms with E-state index >= 15 is 0 Å². The molecule has 3 heteroatoms. The normalized spacial score (nSPS) is 11.7. The fraction of sp³-hybridized carbons (Fsp3) is 0.700. The summed E-state index contributed by atoms with van der Waals surface area (Å²) in [6.45, 7) is 8.47. The largest absolute Gasteiger partial charge is 0.457 e. The number of ether oxygens (including phenoxy) is 1. The molecule has 0 heterocycles. The molecule has 0 spiro atoms. The van der Waals surface area contributed by atoms with E-state index < -0.39 is 5.60 Å². The van der Waals surface area contributed by atoms with Gasteiger partial charge in [0.2, 0.25) is 0 Å². The van der Waals surface area contributed by atoms with Gasteiger partial charge in [0, 0.05) is 18.8 Å². The molecule has 76 valence electrons. The summed E-state index contributed by atoms with van der Waals surface area (Å²) in [4.78, 5) is 11.1. The van der Waals surface area contributed by atoms with Crippen LogP contribution in [0.4, 0.5) is 0 Å². The molecular formula is C10H19NO2. The van der Waals surface area contributed by atoms with Gasteiger partial charge in [-0.25, -0.2) is 4.79 Å². The molecule has 0 amide bonds. The van der Waals surface area contributed by atoms with Crippen molar-refractivity contribution < 1.29 is 9.53 Å². The van der Waals surface area contributed by atoms with Gasteiger partial charge in [-0.05, 0) is 27.2 Å². The molecule has 13 heavy (non-hydrogen) atoms. The van der Waals surface area contributed by atoms with Crippen LogP contribution in [0.5, 0.6) is 0 Å². The Hall–Kier alpha value is -0.990. The van der Waals surface area contributed by atoms with Crippen molar-refractivity contribution in [1.82, 2.24) is 5.32 Å². The third-order valence-electron chi connectivity index (χ3n) is 1.14. The summed E-state index contributed by atoms with van der Waals surface area (Å²) < 4.78 is 5.05. The highest BCUT2D eigenvalue weighted by Gasteiger charge is 2.13. The summed E-state index contributed by atoms with van der Waals surface area (Å²) >= 11 is 0. The minimum Gasteiger partial charge on any atom is -0.457 e. The van der Waals surface area contributed by atoms with Crippen LogP contribution in [0, 0.1) is 0 Å². The summed E-state index contributed by atoms with van der Waals surface area (Å²) in [6, 6.07) is 0. The van der Waals surface area contributed by atoms with Gasteiger partial charge in [-0.2, -0.15) is 0 Å². The molecule has 0 bridgehead atoms. The molecule has 0 aromatic carbocycles. The SMILES string of the molecule is CCCNC=CC(=O)OC(C)(C)C. The fourth-order valence-electron chi connectivity index (χ4n) is 0.690. The summed E-state index contributed by atoms with van der Waals surface area (Å²) in [7, 11) is 0. The maximum absolute atomic E-state index is 11.1. The highest BCUT2D eigenvalue weighted by Crippen LogP contribution is 2.06. The number of carbonyl (C=O) groups excluding carboxylic acids is 1. The third-order valence-corrected chi connectivity index (χ3v) is 1.14. The van der Waals surface area contributed by atoms with Gasteiger partial charge in [0.05, 0.1) is 0 Å². The minimum atomic E-state index is -0.411. The van der Waals surface area contributed by atoms with E-state index in [9.17, 15) is 4.79 Å². The van der Waals surface area contributed by atoms with E-state index in [0.29, 0.717) is 0 Å². The standard InChI is InChI=1S/C10H19NO2/c1-5-7-11-8-6-9(12)13-10(2,3)4/h6,8,11H,5,7H2,1-4H3. The number of carbonyl (C=O) groups is 1. The topological polar surface area (TPSA) is 38.3 Å². The lowest BCUT2D eigenvalue weighted by molar-refractivity contribution is -0.148. The Morgan fingerprint density at radius 2 is 2.08 bits per heavy atom. The molecule has 3 nitrogen and oxygen atoms in total. The summed E-state index contributed by atoms with van der Waals surface area (Å²) in [6.07, 6.45) is 4.07. The molecule has 0 aliphatic carbocycles. The van der Waals surface area contributed by atoms with Crippen LogP contribution < -0.4 is 5.32 Å². The van der Waals surface area contributed by atoms with E-state index in [0.717, 1.165) is 13.0 Å². The van der Waals surface area contributed by atoms with Gasteiger partial charge in [0.1, 0.15) is 5.60 Å². The van der Waals surface area contributed by atoms with Gasteiger partial charge < -0.3 is 10.1 Å². The first-order chi connectivity index (χ1) is 5.95. The zero-order valence-electron chi connectivity index (χ0n) is 8.89. The number of hydrogen-bond donors (Lipinski definition) is 1. The first kappa shape index (κ1) is 12.0. The van der Waals surface area contributed by atoms with Crippen molar-refractivity contribution in [2.45, 2.75) is 39.7 Å². The fourth-order valence-corrected chi connectivity index (χ4v) is 0.690. The quantitative estimate of drug-likeness (QED) is 0.412. The van der Waals surface area contributed by atoms with Gasteiger partial charge in [-0.3, -0.25) is 0 Å². The van der Waals surface area contributed by atoms with Crippen molar-refractivity contribution in [1.29, 1.82) is 0 Å². The second-order valence-corrected chi connectivity index (χ2v) is 3.82. The van der Waals surface area contributed by atoms with Gasteiger partial charge in [0.25, 0.3) is 0 Å². The Balaban J connectivity index is 3.68. The molecule has 1 N–H and O–H groups in total. The molecule has 0 unspecified atom stereocenters. The van der Waals surface area contributed by atoms with Crippen molar-refractivity contribution in [2.24, 2.45) is 0 Å². The van der Waals surface area contributed by atoms with E-state index in [1.807, 2.05) is 20.8 Å². The molecule has 0 aliphatic heterocycles. The van der Waals surface area contributed by atoms with Crippen molar-refractivity contribution in [3.8, 4) is 0 Å². The molecule has 0 aliphatic rings. The average molecular weight is 185 g/mol. The van der Waals surface area contributed by atoms with Gasteiger partial charge in [0.15, 0.2) is 0 Å². The van der Waals surface area contributed by atoms with Crippen LogP contribution in [0.2, 0.25) is 0 Å². The molecule has 0 rings (SSSR count). The van der Waals surface area contributed by atoms with Crippen molar-refractivity contribution in [3.05, 3.63) is 12.3 Å². The second kappa shape index (κ2) is 5.62. The van der Waals surface area contributed by atoms with Crippen molar-refractivity contribution in [3.63, 3.8) is 0 Å². The summed E-state index contributed by atoms with van der Waals surface area (Å²) in [5.74, 6) is -0.309. The first-order valence-electron chi connectivity index (χ1n) is 4.58. The summed E-state index contributed by atoms with van der Waals surface area (Å²) in [5.41, 5.74) is -0.411. The van der Waals surface area contributed by atoms with Crippen LogP contribution in [0.3, 0.4) is 0 Å². The Morgan fingerprint density at radius 3 is 2.54 bits per heavy atom. The van der Waals surface area contributed by atoms with Crippen LogP contribution in [0.15, 0.2) is 12.3 Å². The van der Waals surface area contributed by atoms with E-state index in [1.54, 1.807) is 6.20 Å². The predicted octanol–water partition coefficient (Wildman–Crippen LogP) is 1.84. The monoisotopic (exact) mass is 185 g/mol. The van der Waals surface area contributed by atoms with E-state index in [2.05, 4.69) is 12.2 Å². The molecule has 0 atom stereocenters. The lowest BCUT2D eigenvalue weighted by Crippen LogP contribution is -2.22. The summed E-state index contributed by atoms with van der Waals surface area (Å²) in [5, 5.41) is 2.97. The van der Waals surface area contributed by atoms with E-state index in [1.165, 1.54) is 6.08 Å². The second-order valence-electron chi connectivity index (χ2n) is 3.82. The predicted molar refractivity (Wildman–Crippen MR) is 53.3 cm³/mol. The highest BCUT2D eigenvalue weighted by atomic mass is 16.6. The van der Waals surface area contributed by atoms with Crippen LogP contribution in [-0.4, -0.2) is 18.1 Å². The molecule has 0 saturated heterocycles. The minimum absolute atomic E-state index is 0.309. The van der Waals surface area contributed by atoms with Crippen LogP contribution in [0.25, 0.3) is 0 Å². The average Bonchev–Trinajstić information content (AvgIpc) is 1.94. The van der Waals surface area contributed by atoms with Crippen molar-refractivity contribution >= 4 is 5.97 Å². The Labute approximate surface area is 80.2 Å². The molecule has 0 aromatic rings. The number of hydrogen-bond acceptors (Lipinski definition) is 3. The van der Waals surface area contributed by atoms with Crippen LogP contribution in [0.1, 0.15) is 34.1 Å². The lowest BCUT2D eigenvalue weighted by Gasteiger charge is -2.17. The van der Waals surface area contributed by atoms with Gasteiger partial charge in [-0.15, -0.1) is 0 Å². The van der Waals surface area contributed by atoms with Crippen LogP contribution >= 0.6 is 0 Å². The van der Waals surface area contributed by atoms with E-state index in [-0.39, 0.29) is 5.97 Å². The Kier molecular flexibility index (Phi) is 5.19. The molecule has 0 radical (unpaired) electrons. The molecule has 0 fully saturated rings. The van der Waals surface area contributed by atoms with Gasteiger partial charge in [-0.1, -0.05) is 6.92 Å². The third kappa shape index (κ3) is 8.92.